The Bertz CT molecular complexity index is 1650. The van der Waals surface area contributed by atoms with Crippen molar-refractivity contribution in [2.75, 3.05) is 30.8 Å². The Morgan fingerprint density at radius 1 is 1.21 bits per heavy atom. The maximum Gasteiger partial charge on any atom is 0.297 e. The van der Waals surface area contributed by atoms with Crippen LogP contribution < -0.4 is 21.1 Å². The number of benzene rings is 1. The number of pyridine rings is 1. The number of carbonyl (C=O) groups excluding carboxylic acids is 1. The van der Waals surface area contributed by atoms with E-state index in [1.807, 2.05) is 0 Å². The largest absolute Gasteiger partial charge is 0.494 e. The van der Waals surface area contributed by atoms with Crippen LogP contribution in [0.2, 0.25) is 0 Å². The number of nitrogens with zero attached hydrogens (tertiary/aromatic N) is 6. The second-order valence-corrected chi connectivity index (χ2v) is 9.06. The van der Waals surface area contributed by atoms with Gasteiger partial charge in [-0.2, -0.15) is 0 Å². The molecular formula is C25H24F4N8O2. The van der Waals surface area contributed by atoms with Crippen molar-refractivity contribution >= 4 is 28.5 Å². The molecule has 10 nitrogen and oxygen atoms in total. The van der Waals surface area contributed by atoms with Gasteiger partial charge in [0.25, 0.3) is 6.43 Å². The van der Waals surface area contributed by atoms with Crippen molar-refractivity contribution in [2.24, 2.45) is 5.73 Å². The van der Waals surface area contributed by atoms with Crippen LogP contribution in [0.3, 0.4) is 0 Å². The number of fused-ring (bicyclic) bond motifs is 1. The Balaban J connectivity index is 1.70. The Hall–Kier alpha value is -4.33. The number of imidazole rings is 1. The molecule has 0 spiro atoms. The third-order valence-corrected chi connectivity index (χ3v) is 6.56. The van der Waals surface area contributed by atoms with Gasteiger partial charge in [0, 0.05) is 24.7 Å². The average Bonchev–Trinajstić information content (AvgIpc) is 3.40. The van der Waals surface area contributed by atoms with Crippen LogP contribution in [0.5, 0.6) is 5.75 Å². The number of anilines is 2. The number of ether oxygens (including phenoxy) is 1. The van der Waals surface area contributed by atoms with Gasteiger partial charge in [-0.05, 0) is 30.5 Å². The summed E-state index contributed by atoms with van der Waals surface area (Å²) < 4.78 is 80.4. The highest BCUT2D eigenvalue weighted by atomic mass is 19.3. The summed E-state index contributed by atoms with van der Waals surface area (Å²) in [6.07, 6.45) is 0.432. The molecule has 0 saturated carbocycles. The van der Waals surface area contributed by atoms with E-state index in [-0.39, 0.29) is 71.2 Å². The van der Waals surface area contributed by atoms with Gasteiger partial charge in [-0.1, -0.05) is 0 Å². The third kappa shape index (κ3) is 4.82. The number of carbonyl (C=O) groups is 1. The minimum absolute atomic E-state index is 0.000890. The van der Waals surface area contributed by atoms with Crippen LogP contribution in [-0.2, 0) is 11.3 Å². The van der Waals surface area contributed by atoms with Crippen molar-refractivity contribution in [1.29, 1.82) is 0 Å². The molecule has 1 aliphatic rings. The summed E-state index contributed by atoms with van der Waals surface area (Å²) in [5, 5.41) is 0. The van der Waals surface area contributed by atoms with E-state index in [0.29, 0.717) is 0 Å². The summed E-state index contributed by atoms with van der Waals surface area (Å²) in [7, 11) is 1.18. The first-order valence-corrected chi connectivity index (χ1v) is 11.7. The summed E-state index contributed by atoms with van der Waals surface area (Å²) in [6.45, 7) is -2.62. The summed E-state index contributed by atoms with van der Waals surface area (Å²) in [5.41, 5.74) is 9.80. The lowest BCUT2D eigenvalue weighted by Crippen LogP contribution is -2.61. The van der Waals surface area contributed by atoms with Crippen LogP contribution in [-0.4, -0.2) is 62.4 Å². The minimum Gasteiger partial charge on any atom is -0.494 e. The minimum atomic E-state index is -3.29. The van der Waals surface area contributed by atoms with E-state index in [2.05, 4.69) is 19.9 Å². The lowest BCUT2D eigenvalue weighted by atomic mass is 9.85. The Kier molecular flexibility index (Phi) is 6.15. The lowest BCUT2D eigenvalue weighted by Gasteiger charge is -2.40. The molecule has 1 unspecified atom stereocenters. The monoisotopic (exact) mass is 546 g/mol. The van der Waals surface area contributed by atoms with Crippen molar-refractivity contribution < 1.29 is 29.8 Å². The second kappa shape index (κ2) is 10.1. The normalized spacial score (nSPS) is 18.8. The zero-order chi connectivity index (χ0) is 29.7. The van der Waals surface area contributed by atoms with Crippen molar-refractivity contribution in [3.63, 3.8) is 0 Å². The smallest absolute Gasteiger partial charge is 0.297 e. The summed E-state index contributed by atoms with van der Waals surface area (Å²) in [6, 6.07) is 2.90. The number of nitrogens with two attached hydrogens (primary N) is 2. The number of ketones is 1. The topological polar surface area (TPSA) is 138 Å². The van der Waals surface area contributed by atoms with Crippen LogP contribution in [0.15, 0.2) is 37.1 Å². The predicted molar refractivity (Wildman–Crippen MR) is 134 cm³/mol. The van der Waals surface area contributed by atoms with E-state index in [0.717, 1.165) is 29.4 Å². The maximum absolute atomic E-state index is 15.0. The van der Waals surface area contributed by atoms with E-state index in [4.69, 9.17) is 18.9 Å². The van der Waals surface area contributed by atoms with Gasteiger partial charge < -0.3 is 25.7 Å². The molecule has 204 valence electrons. The van der Waals surface area contributed by atoms with Crippen molar-refractivity contribution in [2.45, 2.75) is 31.3 Å². The number of piperidine rings is 1. The number of methoxy groups -OCH3 is 1. The summed E-state index contributed by atoms with van der Waals surface area (Å²) >= 11 is 0. The number of halogens is 4. The number of hydrogen-bond donors (Lipinski definition) is 2. The fraction of sp³-hybridized carbons (Fsp3) is 0.320. The predicted octanol–water partition coefficient (Wildman–Crippen LogP) is 2.94. The van der Waals surface area contributed by atoms with E-state index in [9.17, 15) is 18.0 Å². The lowest BCUT2D eigenvalue weighted by molar-refractivity contribution is -0.135. The van der Waals surface area contributed by atoms with E-state index >= 15 is 4.39 Å². The van der Waals surface area contributed by atoms with Gasteiger partial charge in [-0.3, -0.25) is 9.78 Å². The van der Waals surface area contributed by atoms with E-state index in [1.165, 1.54) is 24.3 Å². The zero-order valence-corrected chi connectivity index (χ0v) is 20.5. The number of aromatic nitrogens is 5. The average molecular weight is 547 g/mol. The number of alkyl halides is 2. The molecule has 1 saturated heterocycles. The van der Waals surface area contributed by atoms with Gasteiger partial charge in [0.1, 0.15) is 17.7 Å². The molecule has 1 fully saturated rings. The Labute approximate surface area is 222 Å². The quantitative estimate of drug-likeness (QED) is 0.335. The highest BCUT2D eigenvalue weighted by molar-refractivity contribution is 5.92. The van der Waals surface area contributed by atoms with Gasteiger partial charge in [0.15, 0.2) is 23.0 Å². The number of rotatable bonds is 7. The SMILES string of the molecule is [2H]C([2H])(c1cc(-c2cc(F)c(OC)cc2F)ncc1N1CCCC(N)(C(=O)C(F)F)C1)n1cnc2c(N)ncnc21. The molecule has 4 aromatic rings. The van der Waals surface area contributed by atoms with Crippen molar-refractivity contribution in [3.05, 3.63) is 54.2 Å². The van der Waals surface area contributed by atoms with Crippen molar-refractivity contribution in [1.82, 2.24) is 24.5 Å². The summed E-state index contributed by atoms with van der Waals surface area (Å²) in [4.78, 5) is 30.1. The highest BCUT2D eigenvalue weighted by Gasteiger charge is 2.43. The number of nitrogen functional groups attached to an aromatic ring is 1. The zero-order valence-electron chi connectivity index (χ0n) is 22.5. The van der Waals surface area contributed by atoms with Gasteiger partial charge in [-0.25, -0.2) is 32.5 Å². The van der Waals surface area contributed by atoms with Crippen LogP contribution in [0.4, 0.5) is 29.1 Å². The first kappa shape index (κ1) is 23.8. The molecule has 0 aliphatic carbocycles. The Morgan fingerprint density at radius 3 is 2.74 bits per heavy atom. The second-order valence-electron chi connectivity index (χ2n) is 9.06. The first-order valence-electron chi connectivity index (χ1n) is 12.7. The fourth-order valence-electron chi connectivity index (χ4n) is 4.59. The molecule has 1 aliphatic heterocycles. The Morgan fingerprint density at radius 2 is 2.00 bits per heavy atom. The molecule has 39 heavy (non-hydrogen) atoms. The van der Waals surface area contributed by atoms with Crippen LogP contribution in [0.1, 0.15) is 21.1 Å². The molecule has 3 aromatic heterocycles. The number of Topliss-reactive ketones (excluding diaryl/α,β-unsaturated/α-hetero) is 1. The molecule has 5 rings (SSSR count). The first-order chi connectivity index (χ1) is 19.4. The third-order valence-electron chi connectivity index (χ3n) is 6.56. The molecule has 1 atom stereocenters. The molecule has 0 radical (unpaired) electrons. The maximum atomic E-state index is 15.0. The highest BCUT2D eigenvalue weighted by Crippen LogP contribution is 2.34. The molecule has 4 heterocycles. The fourth-order valence-corrected chi connectivity index (χ4v) is 4.59. The van der Waals surface area contributed by atoms with Gasteiger partial charge in [0.05, 0.1) is 45.8 Å². The van der Waals surface area contributed by atoms with E-state index < -0.39 is 35.9 Å². The molecule has 0 bridgehead atoms. The summed E-state index contributed by atoms with van der Waals surface area (Å²) in [5.74, 6) is -3.52. The molecule has 14 heteroatoms. The van der Waals surface area contributed by atoms with Crippen LogP contribution in [0.25, 0.3) is 22.4 Å². The van der Waals surface area contributed by atoms with Gasteiger partial charge >= 0.3 is 0 Å². The van der Waals surface area contributed by atoms with Gasteiger partial charge in [-0.15, -0.1) is 0 Å². The molecule has 0 amide bonds. The molecule has 1 aromatic carbocycles. The standard InChI is InChI=1S/C25H24F4N8O2/c1-39-19-7-15(26)14(6-16(19)27)17-5-13(9-37-12-35-20-23(30)33-11-34-24(20)37)18(8-32-17)36-4-2-3-25(31,10-36)21(38)22(28)29/h5-8,11-12,22H,2-4,9-10,31H2,1H3,(H2,30,33,34)/i9D2. The van der Waals surface area contributed by atoms with Crippen LogP contribution in [0, 0.1) is 11.6 Å². The number of hydrogen-bond acceptors (Lipinski definition) is 9. The van der Waals surface area contributed by atoms with Gasteiger partial charge in [0.2, 0.25) is 5.78 Å². The van der Waals surface area contributed by atoms with E-state index in [1.54, 1.807) is 0 Å². The molecule has 4 N–H and O–H groups in total. The van der Waals surface area contributed by atoms with Crippen molar-refractivity contribution in [3.8, 4) is 17.0 Å². The molecular weight excluding hydrogens is 520 g/mol. The van der Waals surface area contributed by atoms with Crippen LogP contribution >= 0.6 is 0 Å².